The highest BCUT2D eigenvalue weighted by Gasteiger charge is 2.27. The highest BCUT2D eigenvalue weighted by atomic mass is 16.5. The number of hydrogen-bond acceptors (Lipinski definition) is 9. The van der Waals surface area contributed by atoms with E-state index >= 15 is 0 Å². The minimum Gasteiger partial charge on any atom is -0.379 e. The van der Waals surface area contributed by atoms with Crippen molar-refractivity contribution in [3.05, 3.63) is 40.3 Å². The number of ether oxygens (including phenoxy) is 1. The number of aromatic amines is 1. The third-order valence-electron chi connectivity index (χ3n) is 6.27. The second-order valence-corrected chi connectivity index (χ2v) is 8.27. The van der Waals surface area contributed by atoms with Crippen molar-refractivity contribution in [2.45, 2.75) is 32.2 Å². The number of nitrogens with one attached hydrogen (secondary N) is 1. The van der Waals surface area contributed by atoms with E-state index in [2.05, 4.69) is 30.0 Å². The molecule has 2 aromatic heterocycles. The molecule has 2 aliphatic heterocycles. The Morgan fingerprint density at radius 2 is 1.97 bits per heavy atom. The average molecular weight is 453 g/mol. The summed E-state index contributed by atoms with van der Waals surface area (Å²) in [6.07, 6.45) is 7.36. The molecule has 11 heteroatoms. The van der Waals surface area contributed by atoms with E-state index in [0.29, 0.717) is 51.4 Å². The average Bonchev–Trinajstić information content (AvgIpc) is 3.32. The number of nitrogens with zero attached hydrogens (tertiary/aromatic N) is 7. The Bertz CT molecular complexity index is 1060. The van der Waals surface area contributed by atoms with Gasteiger partial charge in [-0.1, -0.05) is 0 Å². The molecule has 2 saturated heterocycles. The third kappa shape index (κ3) is 5.28. The zero-order chi connectivity index (χ0) is 23.2. The molecule has 0 aromatic carbocycles. The van der Waals surface area contributed by atoms with Crippen LogP contribution in [-0.4, -0.2) is 83.0 Å². The van der Waals surface area contributed by atoms with Crippen LogP contribution in [0.25, 0.3) is 0 Å². The van der Waals surface area contributed by atoms with Gasteiger partial charge in [0.25, 0.3) is 5.56 Å². The SMILES string of the molecule is Cc1c(N2CCC[C@H]2COCCC(=O)N2CCN(c3cnc(C#N)nc3)CC2)cn[nH]c1=O. The number of H-pyrrole nitrogens is 1. The first-order valence-electron chi connectivity index (χ1n) is 11.2. The minimum atomic E-state index is -0.170. The predicted molar refractivity (Wildman–Crippen MR) is 121 cm³/mol. The first-order valence-corrected chi connectivity index (χ1v) is 11.2. The molecule has 2 aliphatic rings. The topological polar surface area (TPSA) is 131 Å². The fraction of sp³-hybridized carbons (Fsp3) is 0.545. The fourth-order valence-electron chi connectivity index (χ4n) is 4.36. The molecule has 0 aliphatic carbocycles. The monoisotopic (exact) mass is 452 g/mol. The Morgan fingerprint density at radius 1 is 1.21 bits per heavy atom. The van der Waals surface area contributed by atoms with Crippen LogP contribution in [0.5, 0.6) is 0 Å². The number of aromatic nitrogens is 4. The van der Waals surface area contributed by atoms with Crippen LogP contribution in [0.4, 0.5) is 11.4 Å². The van der Waals surface area contributed by atoms with Gasteiger partial charge >= 0.3 is 0 Å². The highest BCUT2D eigenvalue weighted by molar-refractivity contribution is 5.76. The van der Waals surface area contributed by atoms with Gasteiger partial charge in [-0.15, -0.1) is 0 Å². The summed E-state index contributed by atoms with van der Waals surface area (Å²) in [6.45, 7) is 6.22. The first-order chi connectivity index (χ1) is 16.1. The van der Waals surface area contributed by atoms with Gasteiger partial charge in [0.1, 0.15) is 6.07 Å². The maximum Gasteiger partial charge on any atom is 0.269 e. The van der Waals surface area contributed by atoms with Gasteiger partial charge in [0.15, 0.2) is 0 Å². The van der Waals surface area contributed by atoms with Crippen LogP contribution in [-0.2, 0) is 9.53 Å². The van der Waals surface area contributed by atoms with Crippen LogP contribution >= 0.6 is 0 Å². The molecule has 1 atom stereocenters. The van der Waals surface area contributed by atoms with Crippen LogP contribution in [0.2, 0.25) is 0 Å². The Morgan fingerprint density at radius 3 is 2.70 bits per heavy atom. The summed E-state index contributed by atoms with van der Waals surface area (Å²) in [4.78, 5) is 38.6. The first kappa shape index (κ1) is 22.7. The van der Waals surface area contributed by atoms with Crippen LogP contribution < -0.4 is 15.4 Å². The van der Waals surface area contributed by atoms with Gasteiger partial charge in [-0.25, -0.2) is 15.1 Å². The van der Waals surface area contributed by atoms with E-state index in [0.717, 1.165) is 30.8 Å². The van der Waals surface area contributed by atoms with Gasteiger partial charge in [-0.3, -0.25) is 9.59 Å². The summed E-state index contributed by atoms with van der Waals surface area (Å²) in [7, 11) is 0. The molecule has 0 bridgehead atoms. The van der Waals surface area contributed by atoms with Crippen LogP contribution in [0.1, 0.15) is 30.7 Å². The number of carbonyl (C=O) groups excluding carboxylic acids is 1. The molecule has 4 heterocycles. The van der Waals surface area contributed by atoms with Crippen LogP contribution in [0.15, 0.2) is 23.4 Å². The fourth-order valence-corrected chi connectivity index (χ4v) is 4.36. The molecular formula is C22H28N8O3. The van der Waals surface area contributed by atoms with Crippen molar-refractivity contribution in [3.63, 3.8) is 0 Å². The van der Waals surface area contributed by atoms with E-state index < -0.39 is 0 Å². The highest BCUT2D eigenvalue weighted by Crippen LogP contribution is 2.26. The molecule has 0 radical (unpaired) electrons. The Hall–Kier alpha value is -3.52. The van der Waals surface area contributed by atoms with Gasteiger partial charge in [0.2, 0.25) is 11.7 Å². The van der Waals surface area contributed by atoms with Crippen molar-refractivity contribution in [3.8, 4) is 6.07 Å². The lowest BCUT2D eigenvalue weighted by molar-refractivity contribution is -0.132. The van der Waals surface area contributed by atoms with Gasteiger partial charge in [0.05, 0.1) is 55.6 Å². The molecule has 4 rings (SSSR count). The van der Waals surface area contributed by atoms with E-state index in [1.54, 1.807) is 25.5 Å². The largest absolute Gasteiger partial charge is 0.379 e. The van der Waals surface area contributed by atoms with Crippen molar-refractivity contribution in [2.24, 2.45) is 0 Å². The lowest BCUT2D eigenvalue weighted by Crippen LogP contribution is -2.49. The molecule has 1 amide bonds. The number of amides is 1. The number of anilines is 2. The third-order valence-corrected chi connectivity index (χ3v) is 6.27. The van der Waals surface area contributed by atoms with Crippen molar-refractivity contribution < 1.29 is 9.53 Å². The molecule has 0 spiro atoms. The van der Waals surface area contributed by atoms with Crippen molar-refractivity contribution in [1.29, 1.82) is 5.26 Å². The summed E-state index contributed by atoms with van der Waals surface area (Å²) in [5.41, 5.74) is 2.21. The number of rotatable bonds is 7. The van der Waals surface area contributed by atoms with Gasteiger partial charge in [-0.2, -0.15) is 10.4 Å². The minimum absolute atomic E-state index is 0.0867. The maximum atomic E-state index is 12.6. The van der Waals surface area contributed by atoms with Gasteiger partial charge in [0, 0.05) is 38.3 Å². The van der Waals surface area contributed by atoms with Crippen molar-refractivity contribution in [1.82, 2.24) is 25.1 Å². The Balaban J connectivity index is 1.19. The maximum absolute atomic E-state index is 12.6. The zero-order valence-electron chi connectivity index (χ0n) is 18.7. The normalized spacial score (nSPS) is 18.4. The van der Waals surface area contributed by atoms with Gasteiger partial charge in [-0.05, 0) is 19.8 Å². The van der Waals surface area contributed by atoms with Crippen LogP contribution in [0.3, 0.4) is 0 Å². The lowest BCUT2D eigenvalue weighted by Gasteiger charge is -2.35. The summed E-state index contributed by atoms with van der Waals surface area (Å²) >= 11 is 0. The standard InChI is InChI=1S/C22H28N8O3/c1-16-19(14-26-27-22(16)32)30-5-2-3-17(30)15-33-10-4-21(31)29-8-6-28(7-9-29)18-12-24-20(11-23)25-13-18/h12-14,17H,2-10,15H2,1H3,(H,27,32)/t17-/m0/s1. The molecule has 0 unspecified atom stereocenters. The number of carbonyl (C=O) groups is 1. The Kier molecular flexibility index (Phi) is 7.14. The second kappa shape index (κ2) is 10.4. The van der Waals surface area contributed by atoms with Gasteiger partial charge < -0.3 is 19.4 Å². The summed E-state index contributed by atoms with van der Waals surface area (Å²) < 4.78 is 5.86. The predicted octanol–water partition coefficient (Wildman–Crippen LogP) is 0.464. The van der Waals surface area contributed by atoms with E-state index in [-0.39, 0.29) is 23.3 Å². The molecule has 174 valence electrons. The smallest absolute Gasteiger partial charge is 0.269 e. The molecule has 2 fully saturated rings. The van der Waals surface area contributed by atoms with E-state index in [1.165, 1.54) is 0 Å². The molecule has 11 nitrogen and oxygen atoms in total. The van der Waals surface area contributed by atoms with Crippen molar-refractivity contribution >= 4 is 17.3 Å². The zero-order valence-corrected chi connectivity index (χ0v) is 18.7. The molecule has 0 saturated carbocycles. The lowest BCUT2D eigenvalue weighted by atomic mass is 10.2. The summed E-state index contributed by atoms with van der Waals surface area (Å²) in [5.74, 6) is 0.237. The molecule has 1 N–H and O–H groups in total. The van der Waals surface area contributed by atoms with E-state index in [9.17, 15) is 9.59 Å². The number of hydrogen-bond donors (Lipinski definition) is 1. The number of piperazine rings is 1. The molecule has 2 aromatic rings. The summed E-state index contributed by atoms with van der Waals surface area (Å²) in [5, 5.41) is 15.2. The Labute approximate surface area is 192 Å². The quantitative estimate of drug-likeness (QED) is 0.595. The molecule has 33 heavy (non-hydrogen) atoms. The molecular weight excluding hydrogens is 424 g/mol. The second-order valence-electron chi connectivity index (χ2n) is 8.27. The number of nitriles is 1. The van der Waals surface area contributed by atoms with Crippen molar-refractivity contribution in [2.75, 3.05) is 55.7 Å². The summed E-state index contributed by atoms with van der Waals surface area (Å²) in [6, 6.07) is 2.09. The van der Waals surface area contributed by atoms with E-state index in [1.807, 2.05) is 11.0 Å². The van der Waals surface area contributed by atoms with E-state index in [4.69, 9.17) is 10.00 Å². The van der Waals surface area contributed by atoms with Crippen LogP contribution in [0, 0.1) is 18.3 Å².